The Morgan fingerprint density at radius 1 is 1.55 bits per heavy atom. The normalized spacial score (nSPS) is 24.3. The van der Waals surface area contributed by atoms with Crippen molar-refractivity contribution in [3.63, 3.8) is 0 Å². The summed E-state index contributed by atoms with van der Waals surface area (Å²) in [5.74, 6) is 0.242. The molecular formula is C16H26N2OS. The lowest BCUT2D eigenvalue weighted by molar-refractivity contribution is -0.133. The molecule has 1 amide bonds. The number of carbonyl (C=O) groups excluding carboxylic acids is 1. The van der Waals surface area contributed by atoms with Gasteiger partial charge in [-0.05, 0) is 43.7 Å². The molecule has 1 aromatic heterocycles. The standard InChI is InChI=1S/C16H26N2OS/c1-3-8-16(9-6-10-17-12-16)15(19)18-13(4-2)14-7-5-11-20-14/h5,7,11,13,17H,3-4,6,8-10,12H2,1-2H3,(H,18,19). The first-order valence-corrected chi connectivity index (χ1v) is 8.65. The summed E-state index contributed by atoms with van der Waals surface area (Å²) in [7, 11) is 0. The first kappa shape index (κ1) is 15.5. The van der Waals surface area contributed by atoms with Gasteiger partial charge in [0.25, 0.3) is 0 Å². The van der Waals surface area contributed by atoms with E-state index in [0.717, 1.165) is 45.2 Å². The van der Waals surface area contributed by atoms with Crippen molar-refractivity contribution in [1.29, 1.82) is 0 Å². The molecule has 4 heteroatoms. The second kappa shape index (κ2) is 7.23. The van der Waals surface area contributed by atoms with Crippen molar-refractivity contribution >= 4 is 17.2 Å². The van der Waals surface area contributed by atoms with Crippen LogP contribution in [0.4, 0.5) is 0 Å². The number of carbonyl (C=O) groups is 1. The summed E-state index contributed by atoms with van der Waals surface area (Å²) in [6.07, 6.45) is 5.10. The maximum atomic E-state index is 12.8. The van der Waals surface area contributed by atoms with Gasteiger partial charge >= 0.3 is 0 Å². The number of thiophene rings is 1. The fourth-order valence-corrected chi connectivity index (χ4v) is 4.00. The first-order valence-electron chi connectivity index (χ1n) is 7.77. The highest BCUT2D eigenvalue weighted by molar-refractivity contribution is 7.10. The van der Waals surface area contributed by atoms with E-state index in [1.807, 2.05) is 0 Å². The monoisotopic (exact) mass is 294 g/mol. The van der Waals surface area contributed by atoms with E-state index < -0.39 is 0 Å². The van der Waals surface area contributed by atoms with Crippen LogP contribution in [0, 0.1) is 5.41 Å². The molecule has 2 heterocycles. The van der Waals surface area contributed by atoms with Gasteiger partial charge in [0.2, 0.25) is 5.91 Å². The summed E-state index contributed by atoms with van der Waals surface area (Å²) < 4.78 is 0. The number of piperidine rings is 1. The smallest absolute Gasteiger partial charge is 0.228 e. The van der Waals surface area contributed by atoms with Crippen molar-refractivity contribution in [3.8, 4) is 0 Å². The fourth-order valence-electron chi connectivity index (χ4n) is 3.14. The fraction of sp³-hybridized carbons (Fsp3) is 0.688. The zero-order valence-electron chi connectivity index (χ0n) is 12.6. The van der Waals surface area contributed by atoms with Gasteiger partial charge in [0.15, 0.2) is 0 Å². The predicted molar refractivity (Wildman–Crippen MR) is 84.9 cm³/mol. The molecule has 1 aliphatic rings. The van der Waals surface area contributed by atoms with Gasteiger partial charge < -0.3 is 10.6 Å². The summed E-state index contributed by atoms with van der Waals surface area (Å²) in [6, 6.07) is 4.34. The van der Waals surface area contributed by atoms with Crippen LogP contribution < -0.4 is 10.6 Å². The number of nitrogens with one attached hydrogen (secondary N) is 2. The first-order chi connectivity index (χ1) is 9.72. The number of rotatable bonds is 6. The number of hydrogen-bond acceptors (Lipinski definition) is 3. The average Bonchev–Trinajstić information content (AvgIpc) is 2.99. The van der Waals surface area contributed by atoms with E-state index in [-0.39, 0.29) is 17.4 Å². The Hall–Kier alpha value is -0.870. The minimum atomic E-state index is -0.197. The molecule has 0 spiro atoms. The van der Waals surface area contributed by atoms with Crippen molar-refractivity contribution in [2.45, 2.75) is 52.0 Å². The van der Waals surface area contributed by atoms with Gasteiger partial charge in [-0.2, -0.15) is 0 Å². The summed E-state index contributed by atoms with van der Waals surface area (Å²) in [4.78, 5) is 14.1. The van der Waals surface area contributed by atoms with Gasteiger partial charge in [-0.3, -0.25) is 4.79 Å². The van der Waals surface area contributed by atoms with Crippen LogP contribution in [0.2, 0.25) is 0 Å². The van der Waals surface area contributed by atoms with Crippen LogP contribution in [-0.4, -0.2) is 19.0 Å². The molecule has 2 atom stereocenters. The molecule has 0 aliphatic carbocycles. The van der Waals surface area contributed by atoms with E-state index in [4.69, 9.17) is 0 Å². The van der Waals surface area contributed by atoms with Gasteiger partial charge in [0, 0.05) is 11.4 Å². The van der Waals surface area contributed by atoms with Gasteiger partial charge in [-0.15, -0.1) is 11.3 Å². The van der Waals surface area contributed by atoms with Crippen molar-refractivity contribution in [2.24, 2.45) is 5.41 Å². The molecule has 3 nitrogen and oxygen atoms in total. The molecule has 0 saturated carbocycles. The molecule has 20 heavy (non-hydrogen) atoms. The summed E-state index contributed by atoms with van der Waals surface area (Å²) in [5, 5.41) is 8.78. The molecule has 2 N–H and O–H groups in total. The molecule has 2 unspecified atom stereocenters. The maximum absolute atomic E-state index is 12.8. The SMILES string of the molecule is CCCC1(C(=O)NC(CC)c2cccs2)CCCNC1. The number of amides is 1. The molecule has 1 saturated heterocycles. The second-order valence-corrected chi connectivity index (χ2v) is 6.74. The third kappa shape index (κ3) is 3.41. The van der Waals surface area contributed by atoms with Crippen LogP contribution in [0.15, 0.2) is 17.5 Å². The Bertz CT molecular complexity index is 405. The predicted octanol–water partition coefficient (Wildman–Crippen LogP) is 3.49. The number of hydrogen-bond donors (Lipinski definition) is 2. The largest absolute Gasteiger partial charge is 0.348 e. The highest BCUT2D eigenvalue weighted by Crippen LogP contribution is 2.33. The lowest BCUT2D eigenvalue weighted by Gasteiger charge is -2.37. The van der Waals surface area contributed by atoms with Gasteiger partial charge in [0.1, 0.15) is 0 Å². The van der Waals surface area contributed by atoms with Crippen LogP contribution in [0.3, 0.4) is 0 Å². The lowest BCUT2D eigenvalue weighted by atomic mass is 9.76. The Balaban J connectivity index is 2.07. The van der Waals surface area contributed by atoms with E-state index >= 15 is 0 Å². The maximum Gasteiger partial charge on any atom is 0.228 e. The third-order valence-electron chi connectivity index (χ3n) is 4.28. The molecular weight excluding hydrogens is 268 g/mol. The molecule has 1 aliphatic heterocycles. The van der Waals surface area contributed by atoms with Crippen LogP contribution in [0.1, 0.15) is 56.9 Å². The van der Waals surface area contributed by atoms with Gasteiger partial charge in [-0.25, -0.2) is 0 Å². The lowest BCUT2D eigenvalue weighted by Crippen LogP contribution is -2.51. The molecule has 0 radical (unpaired) electrons. The Labute approximate surface area is 126 Å². The van der Waals surface area contributed by atoms with E-state index in [1.165, 1.54) is 4.88 Å². The zero-order valence-corrected chi connectivity index (χ0v) is 13.4. The van der Waals surface area contributed by atoms with Crippen molar-refractivity contribution in [3.05, 3.63) is 22.4 Å². The van der Waals surface area contributed by atoms with E-state index in [0.29, 0.717) is 0 Å². The van der Waals surface area contributed by atoms with Crippen LogP contribution in [-0.2, 0) is 4.79 Å². The minimum Gasteiger partial charge on any atom is -0.348 e. The molecule has 0 bridgehead atoms. The summed E-state index contributed by atoms with van der Waals surface area (Å²) in [5.41, 5.74) is -0.197. The highest BCUT2D eigenvalue weighted by atomic mass is 32.1. The summed E-state index contributed by atoms with van der Waals surface area (Å²) in [6.45, 7) is 6.17. The Morgan fingerprint density at radius 2 is 2.40 bits per heavy atom. The van der Waals surface area contributed by atoms with Crippen LogP contribution >= 0.6 is 11.3 Å². The minimum absolute atomic E-state index is 0.165. The second-order valence-electron chi connectivity index (χ2n) is 5.76. The van der Waals surface area contributed by atoms with E-state index in [9.17, 15) is 4.79 Å². The topological polar surface area (TPSA) is 41.1 Å². The molecule has 1 fully saturated rings. The van der Waals surface area contributed by atoms with Crippen molar-refractivity contribution < 1.29 is 4.79 Å². The van der Waals surface area contributed by atoms with Crippen LogP contribution in [0.25, 0.3) is 0 Å². The zero-order chi connectivity index (χ0) is 14.4. The van der Waals surface area contributed by atoms with Crippen LogP contribution in [0.5, 0.6) is 0 Å². The highest BCUT2D eigenvalue weighted by Gasteiger charge is 2.39. The van der Waals surface area contributed by atoms with Gasteiger partial charge in [-0.1, -0.05) is 26.3 Å². The van der Waals surface area contributed by atoms with Crippen molar-refractivity contribution in [2.75, 3.05) is 13.1 Å². The quantitative estimate of drug-likeness (QED) is 0.843. The third-order valence-corrected chi connectivity index (χ3v) is 5.27. The molecule has 1 aromatic rings. The van der Waals surface area contributed by atoms with Gasteiger partial charge in [0.05, 0.1) is 11.5 Å². The summed E-state index contributed by atoms with van der Waals surface area (Å²) >= 11 is 1.73. The van der Waals surface area contributed by atoms with Crippen molar-refractivity contribution in [1.82, 2.24) is 10.6 Å². The van der Waals surface area contributed by atoms with E-state index in [2.05, 4.69) is 42.0 Å². The molecule has 112 valence electrons. The van der Waals surface area contributed by atoms with E-state index in [1.54, 1.807) is 11.3 Å². The molecule has 0 aromatic carbocycles. The average molecular weight is 294 g/mol. The molecule has 2 rings (SSSR count). The Kier molecular flexibility index (Phi) is 5.61. The Morgan fingerprint density at radius 3 is 2.95 bits per heavy atom.